The molecule has 0 bridgehead atoms. The Morgan fingerprint density at radius 3 is 2.72 bits per heavy atom. The number of rotatable bonds is 7. The molecule has 0 N–H and O–H groups in total. The van der Waals surface area contributed by atoms with Crippen molar-refractivity contribution >= 4 is 28.9 Å². The summed E-state index contributed by atoms with van der Waals surface area (Å²) in [7, 11) is 0. The van der Waals surface area contributed by atoms with Crippen LogP contribution in [0.3, 0.4) is 0 Å². The zero-order valence-corrected chi connectivity index (χ0v) is 14.3. The largest absolute Gasteiger partial charge is 0.303 e. The second kappa shape index (κ2) is 7.83. The average Bonchev–Trinajstić information content (AvgIpc) is 2.38. The highest BCUT2D eigenvalue weighted by atomic mass is 127. The van der Waals surface area contributed by atoms with Gasteiger partial charge in [0, 0.05) is 15.9 Å². The Labute approximate surface area is 126 Å². The van der Waals surface area contributed by atoms with Gasteiger partial charge in [0.25, 0.3) is 0 Å². The number of carbonyl (C=O) groups excluding carboxylic acids is 1. The van der Waals surface area contributed by atoms with E-state index in [1.54, 1.807) is 0 Å². The molecular formula is C15H28INO. The zero-order chi connectivity index (χ0) is 13.6. The Morgan fingerprint density at radius 1 is 1.44 bits per heavy atom. The third-order valence-electron chi connectivity index (χ3n) is 4.38. The van der Waals surface area contributed by atoms with E-state index in [1.807, 2.05) is 0 Å². The molecule has 0 radical (unpaired) electrons. The first-order valence-electron chi connectivity index (χ1n) is 7.44. The van der Waals surface area contributed by atoms with Gasteiger partial charge in [-0.1, -0.05) is 56.2 Å². The van der Waals surface area contributed by atoms with E-state index in [2.05, 4.69) is 48.3 Å². The molecule has 1 aliphatic rings. The Balaban J connectivity index is 2.77. The molecule has 1 saturated heterocycles. The maximum Gasteiger partial charge on any atom is 0.123 e. The molecule has 2 nitrogen and oxygen atoms in total. The molecule has 1 aliphatic heterocycles. The van der Waals surface area contributed by atoms with Crippen molar-refractivity contribution in [3.05, 3.63) is 0 Å². The van der Waals surface area contributed by atoms with Gasteiger partial charge < -0.3 is 9.69 Å². The van der Waals surface area contributed by atoms with Crippen molar-refractivity contribution in [3.63, 3.8) is 0 Å². The van der Waals surface area contributed by atoms with Crippen LogP contribution < -0.4 is 0 Å². The lowest BCUT2D eigenvalue weighted by Gasteiger charge is -2.45. The van der Waals surface area contributed by atoms with Crippen LogP contribution in [-0.4, -0.2) is 34.2 Å². The molecule has 106 valence electrons. The number of likely N-dealkylation sites (tertiary alicyclic amines) is 1. The fourth-order valence-corrected chi connectivity index (χ4v) is 4.95. The molecule has 0 aliphatic carbocycles. The van der Waals surface area contributed by atoms with Crippen LogP contribution in [0.1, 0.15) is 52.9 Å². The third kappa shape index (κ3) is 4.19. The first kappa shape index (κ1) is 16.4. The molecule has 3 unspecified atom stereocenters. The Hall–Kier alpha value is 0.360. The molecule has 3 atom stereocenters. The summed E-state index contributed by atoms with van der Waals surface area (Å²) in [5, 5.41) is 0. The molecule has 0 amide bonds. The van der Waals surface area contributed by atoms with Crippen LogP contribution in [0.25, 0.3) is 0 Å². The fourth-order valence-electron chi connectivity index (χ4n) is 3.21. The number of alkyl halides is 1. The van der Waals surface area contributed by atoms with Gasteiger partial charge in [-0.25, -0.2) is 0 Å². The number of nitrogens with zero attached hydrogens (tertiary/aromatic N) is 1. The van der Waals surface area contributed by atoms with E-state index >= 15 is 0 Å². The first-order chi connectivity index (χ1) is 8.57. The summed E-state index contributed by atoms with van der Waals surface area (Å²) < 4.78 is 0.307. The van der Waals surface area contributed by atoms with Crippen LogP contribution in [0.5, 0.6) is 0 Å². The van der Waals surface area contributed by atoms with Crippen LogP contribution in [0.4, 0.5) is 0 Å². The van der Waals surface area contributed by atoms with Gasteiger partial charge in [0.15, 0.2) is 0 Å². The second-order valence-corrected chi connectivity index (χ2v) is 7.90. The van der Waals surface area contributed by atoms with Crippen LogP contribution in [0, 0.1) is 11.8 Å². The maximum atomic E-state index is 11.2. The van der Waals surface area contributed by atoms with E-state index in [1.165, 1.54) is 44.9 Å². The molecule has 0 aromatic carbocycles. The lowest BCUT2D eigenvalue weighted by Crippen LogP contribution is -2.50. The third-order valence-corrected chi connectivity index (χ3v) is 6.06. The molecule has 0 aromatic heterocycles. The fraction of sp³-hybridized carbons (Fsp3) is 0.933. The average molecular weight is 365 g/mol. The number of unbranched alkanes of at least 4 members (excludes halogenated alkanes) is 1. The van der Waals surface area contributed by atoms with Crippen LogP contribution in [0.2, 0.25) is 0 Å². The van der Waals surface area contributed by atoms with E-state index in [0.717, 1.165) is 13.1 Å². The molecule has 1 heterocycles. The van der Waals surface area contributed by atoms with Crippen LogP contribution in [-0.2, 0) is 4.79 Å². The summed E-state index contributed by atoms with van der Waals surface area (Å²) in [5.74, 6) is 0.746. The smallest absolute Gasteiger partial charge is 0.123 e. The van der Waals surface area contributed by atoms with E-state index < -0.39 is 0 Å². The lowest BCUT2D eigenvalue weighted by atomic mass is 9.76. The van der Waals surface area contributed by atoms with E-state index in [0.29, 0.717) is 9.34 Å². The number of piperidine rings is 1. The van der Waals surface area contributed by atoms with E-state index in [-0.39, 0.29) is 5.92 Å². The number of halogens is 1. The van der Waals surface area contributed by atoms with Gasteiger partial charge in [0.2, 0.25) is 0 Å². The molecule has 0 spiro atoms. The van der Waals surface area contributed by atoms with Crippen molar-refractivity contribution in [1.29, 1.82) is 0 Å². The zero-order valence-electron chi connectivity index (χ0n) is 12.1. The van der Waals surface area contributed by atoms with Crippen LogP contribution >= 0.6 is 22.6 Å². The molecule has 3 heteroatoms. The summed E-state index contributed by atoms with van der Waals surface area (Å²) in [6.45, 7) is 10.1. The minimum atomic E-state index is 0.199. The summed E-state index contributed by atoms with van der Waals surface area (Å²) >= 11 is 2.67. The quantitative estimate of drug-likeness (QED) is 0.387. The van der Waals surface area contributed by atoms with E-state index in [9.17, 15) is 4.79 Å². The maximum absolute atomic E-state index is 11.2. The highest BCUT2D eigenvalue weighted by Crippen LogP contribution is 2.43. The molecule has 1 rings (SSSR count). The molecular weight excluding hydrogens is 337 g/mol. The van der Waals surface area contributed by atoms with Gasteiger partial charge in [-0.15, -0.1) is 0 Å². The number of carbonyl (C=O) groups is 1. The highest BCUT2D eigenvalue weighted by molar-refractivity contribution is 14.1. The molecule has 1 fully saturated rings. The minimum Gasteiger partial charge on any atom is -0.303 e. The lowest BCUT2D eigenvalue weighted by molar-refractivity contribution is -0.112. The van der Waals surface area contributed by atoms with Gasteiger partial charge in [-0.2, -0.15) is 0 Å². The van der Waals surface area contributed by atoms with Crippen molar-refractivity contribution in [2.75, 3.05) is 19.6 Å². The van der Waals surface area contributed by atoms with Crippen LogP contribution in [0.15, 0.2) is 0 Å². The van der Waals surface area contributed by atoms with E-state index in [4.69, 9.17) is 0 Å². The SMILES string of the molecule is CCCCC(C(C)C=O)C1(I)CCCN(CC)C1. The Kier molecular flexibility index (Phi) is 7.14. The Bertz CT molecular complexity index is 259. The second-order valence-electron chi connectivity index (χ2n) is 5.75. The van der Waals surface area contributed by atoms with Gasteiger partial charge in [0.05, 0.1) is 0 Å². The summed E-state index contributed by atoms with van der Waals surface area (Å²) in [6, 6.07) is 0. The Morgan fingerprint density at radius 2 is 2.17 bits per heavy atom. The predicted molar refractivity (Wildman–Crippen MR) is 86.3 cm³/mol. The predicted octanol–water partition coefficient (Wildman–Crippen LogP) is 3.92. The monoisotopic (exact) mass is 365 g/mol. The number of hydrogen-bond donors (Lipinski definition) is 0. The first-order valence-corrected chi connectivity index (χ1v) is 8.51. The van der Waals surface area contributed by atoms with Crippen molar-refractivity contribution in [1.82, 2.24) is 4.90 Å². The number of hydrogen-bond acceptors (Lipinski definition) is 2. The molecule has 0 saturated carbocycles. The summed E-state index contributed by atoms with van der Waals surface area (Å²) in [4.78, 5) is 13.8. The van der Waals surface area contributed by atoms with Gasteiger partial charge in [0.1, 0.15) is 6.29 Å². The summed E-state index contributed by atoms with van der Waals surface area (Å²) in [6.07, 6.45) is 7.41. The molecule has 0 aromatic rings. The van der Waals surface area contributed by atoms with Gasteiger partial charge in [-0.05, 0) is 38.3 Å². The standard InChI is InChI=1S/C15H28INO/c1-4-6-8-14(13(3)11-18)15(16)9-7-10-17(5-2)12-15/h11,13-14H,4-10,12H2,1-3H3. The number of aldehydes is 1. The highest BCUT2D eigenvalue weighted by Gasteiger charge is 2.41. The normalized spacial score (nSPS) is 28.9. The summed E-state index contributed by atoms with van der Waals surface area (Å²) in [5.41, 5.74) is 0. The van der Waals surface area contributed by atoms with Gasteiger partial charge >= 0.3 is 0 Å². The molecule has 18 heavy (non-hydrogen) atoms. The van der Waals surface area contributed by atoms with Crippen molar-refractivity contribution in [2.24, 2.45) is 11.8 Å². The topological polar surface area (TPSA) is 20.3 Å². The van der Waals surface area contributed by atoms with Crippen molar-refractivity contribution in [3.8, 4) is 0 Å². The van der Waals surface area contributed by atoms with Gasteiger partial charge in [-0.3, -0.25) is 0 Å². The van der Waals surface area contributed by atoms with Crippen molar-refractivity contribution in [2.45, 2.75) is 56.3 Å². The van der Waals surface area contributed by atoms with Crippen molar-refractivity contribution < 1.29 is 4.79 Å². The minimum absolute atomic E-state index is 0.199.